The standard InChI is InChI=1S/C20H17N3O2/c1-23-13-16(12-21-23)20(24)22-19(14-7-3-2-4-8-14)18-11-15-9-5-6-10-17(15)25-18/h2-13,19H,1H3,(H,22,24)/t19-/m0/s1. The Bertz CT molecular complexity index is 985. The lowest BCUT2D eigenvalue weighted by Crippen LogP contribution is -2.28. The summed E-state index contributed by atoms with van der Waals surface area (Å²) < 4.78 is 7.60. The van der Waals surface area contributed by atoms with Crippen LogP contribution in [0.2, 0.25) is 0 Å². The maximum Gasteiger partial charge on any atom is 0.255 e. The van der Waals surface area contributed by atoms with Crippen LogP contribution >= 0.6 is 0 Å². The molecule has 2 heterocycles. The summed E-state index contributed by atoms with van der Waals surface area (Å²) in [4.78, 5) is 12.6. The lowest BCUT2D eigenvalue weighted by atomic mass is 10.0. The zero-order valence-corrected chi connectivity index (χ0v) is 13.7. The molecular formula is C20H17N3O2. The number of benzene rings is 2. The highest BCUT2D eigenvalue weighted by molar-refractivity contribution is 5.94. The number of hydrogen-bond donors (Lipinski definition) is 1. The Balaban J connectivity index is 1.72. The highest BCUT2D eigenvalue weighted by atomic mass is 16.3. The van der Waals surface area contributed by atoms with Crippen molar-refractivity contribution in [2.24, 2.45) is 7.05 Å². The third kappa shape index (κ3) is 3.04. The van der Waals surface area contributed by atoms with Gasteiger partial charge in [0.25, 0.3) is 5.91 Å². The number of carbonyl (C=O) groups is 1. The van der Waals surface area contributed by atoms with E-state index in [2.05, 4.69) is 10.4 Å². The molecule has 0 fully saturated rings. The molecule has 4 aromatic rings. The molecule has 4 rings (SSSR count). The number of rotatable bonds is 4. The molecule has 1 atom stereocenters. The number of furan rings is 1. The van der Waals surface area contributed by atoms with Gasteiger partial charge in [-0.3, -0.25) is 9.48 Å². The quantitative estimate of drug-likeness (QED) is 0.620. The lowest BCUT2D eigenvalue weighted by molar-refractivity contribution is 0.0939. The van der Waals surface area contributed by atoms with Crippen molar-refractivity contribution in [1.29, 1.82) is 0 Å². The summed E-state index contributed by atoms with van der Waals surface area (Å²) in [6.45, 7) is 0. The Morgan fingerprint density at radius 3 is 2.60 bits per heavy atom. The number of carbonyl (C=O) groups excluding carboxylic acids is 1. The Labute approximate surface area is 144 Å². The second-order valence-electron chi connectivity index (χ2n) is 5.91. The predicted octanol–water partition coefficient (Wildman–Crippen LogP) is 3.69. The number of amides is 1. The molecule has 1 N–H and O–H groups in total. The van der Waals surface area contributed by atoms with Gasteiger partial charge in [0, 0.05) is 18.6 Å². The van der Waals surface area contributed by atoms with Crippen LogP contribution in [0.1, 0.15) is 27.7 Å². The van der Waals surface area contributed by atoms with E-state index in [-0.39, 0.29) is 11.9 Å². The van der Waals surface area contributed by atoms with Gasteiger partial charge in [0.1, 0.15) is 17.4 Å². The van der Waals surface area contributed by atoms with Gasteiger partial charge in [0.15, 0.2) is 0 Å². The van der Waals surface area contributed by atoms with Gasteiger partial charge in [0.05, 0.1) is 11.8 Å². The van der Waals surface area contributed by atoms with Crippen molar-refractivity contribution in [2.75, 3.05) is 0 Å². The van der Waals surface area contributed by atoms with Crippen LogP contribution < -0.4 is 5.32 Å². The monoisotopic (exact) mass is 331 g/mol. The minimum Gasteiger partial charge on any atom is -0.459 e. The van der Waals surface area contributed by atoms with Crippen molar-refractivity contribution in [3.05, 3.63) is 89.9 Å². The summed E-state index contributed by atoms with van der Waals surface area (Å²) in [7, 11) is 1.78. The van der Waals surface area contributed by atoms with Crippen molar-refractivity contribution in [3.63, 3.8) is 0 Å². The second-order valence-corrected chi connectivity index (χ2v) is 5.91. The molecule has 5 nitrogen and oxygen atoms in total. The van der Waals surface area contributed by atoms with E-state index in [1.54, 1.807) is 24.1 Å². The second kappa shape index (κ2) is 6.28. The van der Waals surface area contributed by atoms with Gasteiger partial charge in [-0.05, 0) is 17.7 Å². The maximum atomic E-state index is 12.6. The molecule has 0 saturated carbocycles. The van der Waals surface area contributed by atoms with Gasteiger partial charge in [-0.25, -0.2) is 0 Å². The van der Waals surface area contributed by atoms with E-state index < -0.39 is 0 Å². The number of nitrogens with one attached hydrogen (secondary N) is 1. The Morgan fingerprint density at radius 2 is 1.88 bits per heavy atom. The molecule has 1 amide bonds. The van der Waals surface area contributed by atoms with Gasteiger partial charge >= 0.3 is 0 Å². The normalized spacial score (nSPS) is 12.2. The first-order chi connectivity index (χ1) is 12.2. The van der Waals surface area contributed by atoms with Crippen LogP contribution in [-0.4, -0.2) is 15.7 Å². The third-order valence-electron chi connectivity index (χ3n) is 4.10. The zero-order chi connectivity index (χ0) is 17.2. The van der Waals surface area contributed by atoms with Gasteiger partial charge in [-0.1, -0.05) is 48.5 Å². The molecule has 2 aromatic carbocycles. The minimum atomic E-state index is -0.374. The van der Waals surface area contributed by atoms with Crippen LogP contribution in [0.25, 0.3) is 11.0 Å². The van der Waals surface area contributed by atoms with Gasteiger partial charge < -0.3 is 9.73 Å². The summed E-state index contributed by atoms with van der Waals surface area (Å²) in [5, 5.41) is 8.12. The number of hydrogen-bond acceptors (Lipinski definition) is 3. The summed E-state index contributed by atoms with van der Waals surface area (Å²) in [5.41, 5.74) is 2.27. The smallest absolute Gasteiger partial charge is 0.255 e. The Kier molecular flexibility index (Phi) is 3.82. The molecule has 0 radical (unpaired) electrons. The van der Waals surface area contributed by atoms with E-state index in [0.29, 0.717) is 11.3 Å². The molecule has 0 spiro atoms. The molecule has 124 valence electrons. The van der Waals surface area contributed by atoms with Crippen LogP contribution in [0.15, 0.2) is 77.5 Å². The molecule has 0 bridgehead atoms. The Morgan fingerprint density at radius 1 is 1.12 bits per heavy atom. The van der Waals surface area contributed by atoms with E-state index in [1.165, 1.54) is 0 Å². The van der Waals surface area contributed by atoms with E-state index in [1.807, 2.05) is 60.7 Å². The largest absolute Gasteiger partial charge is 0.459 e. The van der Waals surface area contributed by atoms with Crippen molar-refractivity contribution in [1.82, 2.24) is 15.1 Å². The van der Waals surface area contributed by atoms with Crippen LogP contribution in [0.3, 0.4) is 0 Å². The van der Waals surface area contributed by atoms with E-state index >= 15 is 0 Å². The number of para-hydroxylation sites is 1. The van der Waals surface area contributed by atoms with Crippen LogP contribution in [0, 0.1) is 0 Å². The van der Waals surface area contributed by atoms with Gasteiger partial charge in [0.2, 0.25) is 0 Å². The van der Waals surface area contributed by atoms with Crippen LogP contribution in [-0.2, 0) is 7.05 Å². The molecule has 0 aliphatic rings. The molecule has 0 unspecified atom stereocenters. The van der Waals surface area contributed by atoms with Crippen molar-refractivity contribution in [2.45, 2.75) is 6.04 Å². The number of aryl methyl sites for hydroxylation is 1. The topological polar surface area (TPSA) is 60.1 Å². The molecule has 0 saturated heterocycles. The first kappa shape index (κ1) is 15.2. The molecule has 2 aromatic heterocycles. The summed E-state index contributed by atoms with van der Waals surface area (Å²) in [6.07, 6.45) is 3.24. The molecule has 5 heteroatoms. The third-order valence-corrected chi connectivity index (χ3v) is 4.10. The maximum absolute atomic E-state index is 12.6. The van der Waals surface area contributed by atoms with Crippen molar-refractivity contribution in [3.8, 4) is 0 Å². The number of fused-ring (bicyclic) bond motifs is 1. The lowest BCUT2D eigenvalue weighted by Gasteiger charge is -2.16. The summed E-state index contributed by atoms with van der Waals surface area (Å²) in [5.74, 6) is 0.507. The summed E-state index contributed by atoms with van der Waals surface area (Å²) in [6, 6.07) is 19.2. The average Bonchev–Trinajstić information content (AvgIpc) is 3.26. The highest BCUT2D eigenvalue weighted by Gasteiger charge is 2.22. The van der Waals surface area contributed by atoms with Crippen LogP contribution in [0.4, 0.5) is 0 Å². The SMILES string of the molecule is Cn1cc(C(=O)N[C@@H](c2ccccc2)c2cc3ccccc3o2)cn1. The molecule has 0 aliphatic carbocycles. The van der Waals surface area contributed by atoms with Crippen LogP contribution in [0.5, 0.6) is 0 Å². The average molecular weight is 331 g/mol. The molecule has 25 heavy (non-hydrogen) atoms. The predicted molar refractivity (Wildman–Crippen MR) is 95.2 cm³/mol. The van der Waals surface area contributed by atoms with Crippen molar-refractivity contribution < 1.29 is 9.21 Å². The van der Waals surface area contributed by atoms with Gasteiger partial charge in [-0.15, -0.1) is 0 Å². The van der Waals surface area contributed by atoms with Gasteiger partial charge in [-0.2, -0.15) is 5.10 Å². The van der Waals surface area contributed by atoms with E-state index in [0.717, 1.165) is 16.5 Å². The van der Waals surface area contributed by atoms with Crippen molar-refractivity contribution >= 4 is 16.9 Å². The zero-order valence-electron chi connectivity index (χ0n) is 13.7. The van der Waals surface area contributed by atoms with E-state index in [9.17, 15) is 4.79 Å². The minimum absolute atomic E-state index is 0.192. The fourth-order valence-electron chi connectivity index (χ4n) is 2.86. The highest BCUT2D eigenvalue weighted by Crippen LogP contribution is 2.28. The fourth-order valence-corrected chi connectivity index (χ4v) is 2.86. The first-order valence-electron chi connectivity index (χ1n) is 8.03. The Hall–Kier alpha value is -3.34. The fraction of sp³-hybridized carbons (Fsp3) is 0.100. The van der Waals surface area contributed by atoms with E-state index in [4.69, 9.17) is 4.42 Å². The number of nitrogens with zero attached hydrogens (tertiary/aromatic N) is 2. The summed E-state index contributed by atoms with van der Waals surface area (Å²) >= 11 is 0. The number of aromatic nitrogens is 2. The molecule has 0 aliphatic heterocycles. The first-order valence-corrected chi connectivity index (χ1v) is 8.03. The molecular weight excluding hydrogens is 314 g/mol.